The molecule has 16 heavy (non-hydrogen) atoms. The predicted octanol–water partition coefficient (Wildman–Crippen LogP) is 1.10. The van der Waals surface area contributed by atoms with E-state index in [2.05, 4.69) is 5.32 Å². The van der Waals surface area contributed by atoms with Gasteiger partial charge >= 0.3 is 5.97 Å². The Bertz CT molecular complexity index is 384. The molecule has 0 aliphatic rings. The van der Waals surface area contributed by atoms with E-state index in [0.717, 1.165) is 13.0 Å². The molecule has 1 heterocycles. The molecular weight excluding hydrogens is 208 g/mol. The number of carboxylic acids is 1. The molecule has 0 saturated heterocycles. The highest BCUT2D eigenvalue weighted by Gasteiger charge is 2.17. The molecule has 0 radical (unpaired) electrons. The molecule has 1 aromatic rings. The fraction of sp³-hybridized carbons (Fsp3) is 0.455. The van der Waals surface area contributed by atoms with E-state index < -0.39 is 12.0 Å². The fourth-order valence-electron chi connectivity index (χ4n) is 1.39. The van der Waals surface area contributed by atoms with Gasteiger partial charge in [-0.2, -0.15) is 0 Å². The Hall–Kier alpha value is -1.78. The van der Waals surface area contributed by atoms with Crippen LogP contribution in [0.3, 0.4) is 0 Å². The lowest BCUT2D eigenvalue weighted by molar-refractivity contribution is -0.138. The van der Waals surface area contributed by atoms with Crippen LogP contribution in [0.5, 0.6) is 0 Å². The Labute approximate surface area is 94.1 Å². The SMILES string of the molecule is CCCn1cccc1C(=O)N[C@@H](C)C(=O)O. The van der Waals surface area contributed by atoms with Gasteiger partial charge in [0.25, 0.3) is 5.91 Å². The van der Waals surface area contributed by atoms with E-state index >= 15 is 0 Å². The van der Waals surface area contributed by atoms with Crippen molar-refractivity contribution >= 4 is 11.9 Å². The lowest BCUT2D eigenvalue weighted by atomic mass is 10.3. The van der Waals surface area contributed by atoms with Crippen LogP contribution in [-0.4, -0.2) is 27.6 Å². The monoisotopic (exact) mass is 224 g/mol. The van der Waals surface area contributed by atoms with E-state index in [1.54, 1.807) is 12.1 Å². The zero-order valence-electron chi connectivity index (χ0n) is 9.43. The van der Waals surface area contributed by atoms with Crippen LogP contribution in [0.25, 0.3) is 0 Å². The Morgan fingerprint density at radius 1 is 1.56 bits per heavy atom. The molecule has 88 valence electrons. The van der Waals surface area contributed by atoms with Crippen molar-refractivity contribution in [3.8, 4) is 0 Å². The lowest BCUT2D eigenvalue weighted by Crippen LogP contribution is -2.39. The van der Waals surface area contributed by atoms with Crippen molar-refractivity contribution in [1.82, 2.24) is 9.88 Å². The summed E-state index contributed by atoms with van der Waals surface area (Å²) in [6.07, 6.45) is 2.73. The van der Waals surface area contributed by atoms with Gasteiger partial charge in [-0.25, -0.2) is 0 Å². The first-order valence-corrected chi connectivity index (χ1v) is 5.25. The van der Waals surface area contributed by atoms with Gasteiger partial charge in [-0.15, -0.1) is 0 Å². The number of aryl methyl sites for hydroxylation is 1. The number of nitrogens with one attached hydrogen (secondary N) is 1. The molecule has 0 aromatic carbocycles. The average molecular weight is 224 g/mol. The molecular formula is C11H16N2O3. The van der Waals surface area contributed by atoms with Crippen LogP contribution in [0.4, 0.5) is 0 Å². The number of carbonyl (C=O) groups is 2. The minimum atomic E-state index is -1.04. The quantitative estimate of drug-likeness (QED) is 0.786. The van der Waals surface area contributed by atoms with Crippen LogP contribution >= 0.6 is 0 Å². The summed E-state index contributed by atoms with van der Waals surface area (Å²) in [7, 11) is 0. The van der Waals surface area contributed by atoms with E-state index in [9.17, 15) is 9.59 Å². The van der Waals surface area contributed by atoms with Gasteiger partial charge in [0.2, 0.25) is 0 Å². The summed E-state index contributed by atoms with van der Waals surface area (Å²) in [6, 6.07) is 2.58. The lowest BCUT2D eigenvalue weighted by Gasteiger charge is -2.11. The molecule has 1 amide bonds. The minimum absolute atomic E-state index is 0.353. The molecule has 0 bridgehead atoms. The Morgan fingerprint density at radius 2 is 2.25 bits per heavy atom. The second-order valence-corrected chi connectivity index (χ2v) is 3.62. The third-order valence-electron chi connectivity index (χ3n) is 2.24. The molecule has 0 unspecified atom stereocenters. The summed E-state index contributed by atoms with van der Waals surface area (Å²) in [4.78, 5) is 22.3. The van der Waals surface area contributed by atoms with E-state index in [1.165, 1.54) is 6.92 Å². The first kappa shape index (κ1) is 12.3. The van der Waals surface area contributed by atoms with Gasteiger partial charge in [-0.05, 0) is 25.5 Å². The summed E-state index contributed by atoms with van der Waals surface area (Å²) in [5.41, 5.74) is 0.495. The average Bonchev–Trinajstić information content (AvgIpc) is 2.66. The van der Waals surface area contributed by atoms with E-state index in [-0.39, 0.29) is 5.91 Å². The summed E-state index contributed by atoms with van der Waals surface area (Å²) in [5, 5.41) is 11.1. The summed E-state index contributed by atoms with van der Waals surface area (Å²) in [6.45, 7) is 4.20. The number of carbonyl (C=O) groups excluding carboxylic acids is 1. The Kier molecular flexibility index (Phi) is 4.10. The van der Waals surface area contributed by atoms with Crippen LogP contribution in [0, 0.1) is 0 Å². The number of carboxylic acid groups (broad SMARTS) is 1. The number of hydrogen-bond donors (Lipinski definition) is 2. The molecule has 0 fully saturated rings. The van der Waals surface area contributed by atoms with Crippen molar-refractivity contribution in [1.29, 1.82) is 0 Å². The maximum atomic E-state index is 11.7. The van der Waals surface area contributed by atoms with Crippen molar-refractivity contribution in [2.45, 2.75) is 32.9 Å². The molecule has 0 spiro atoms. The summed E-state index contributed by atoms with van der Waals surface area (Å²) < 4.78 is 1.81. The minimum Gasteiger partial charge on any atom is -0.480 e. The van der Waals surface area contributed by atoms with Gasteiger partial charge in [0.1, 0.15) is 11.7 Å². The zero-order valence-corrected chi connectivity index (χ0v) is 9.43. The van der Waals surface area contributed by atoms with Gasteiger partial charge in [0.05, 0.1) is 0 Å². The van der Waals surface area contributed by atoms with Crippen LogP contribution < -0.4 is 5.32 Å². The number of rotatable bonds is 5. The number of aromatic nitrogens is 1. The Balaban J connectivity index is 2.72. The number of hydrogen-bond acceptors (Lipinski definition) is 2. The smallest absolute Gasteiger partial charge is 0.325 e. The van der Waals surface area contributed by atoms with Crippen LogP contribution in [0.1, 0.15) is 30.8 Å². The number of nitrogens with zero attached hydrogens (tertiary/aromatic N) is 1. The molecule has 0 aliphatic carbocycles. The van der Waals surface area contributed by atoms with E-state index in [4.69, 9.17) is 5.11 Å². The van der Waals surface area contributed by atoms with Crippen LogP contribution in [0.15, 0.2) is 18.3 Å². The highest BCUT2D eigenvalue weighted by Crippen LogP contribution is 2.04. The van der Waals surface area contributed by atoms with Crippen molar-refractivity contribution in [2.75, 3.05) is 0 Å². The van der Waals surface area contributed by atoms with E-state index in [1.807, 2.05) is 17.7 Å². The maximum absolute atomic E-state index is 11.7. The molecule has 1 atom stereocenters. The van der Waals surface area contributed by atoms with Crippen LogP contribution in [-0.2, 0) is 11.3 Å². The second kappa shape index (κ2) is 5.34. The molecule has 0 saturated carbocycles. The second-order valence-electron chi connectivity index (χ2n) is 3.62. The number of amides is 1. The van der Waals surface area contributed by atoms with Gasteiger partial charge in [0.15, 0.2) is 0 Å². The van der Waals surface area contributed by atoms with Gasteiger partial charge in [-0.3, -0.25) is 9.59 Å². The topological polar surface area (TPSA) is 71.3 Å². The predicted molar refractivity (Wildman–Crippen MR) is 59.3 cm³/mol. The third-order valence-corrected chi connectivity index (χ3v) is 2.24. The van der Waals surface area contributed by atoms with Crippen molar-refractivity contribution in [2.24, 2.45) is 0 Å². The highest BCUT2D eigenvalue weighted by molar-refractivity contribution is 5.95. The first-order chi connectivity index (χ1) is 7.56. The highest BCUT2D eigenvalue weighted by atomic mass is 16.4. The summed E-state index contributed by atoms with van der Waals surface area (Å²) >= 11 is 0. The largest absolute Gasteiger partial charge is 0.480 e. The molecule has 2 N–H and O–H groups in total. The zero-order chi connectivity index (χ0) is 12.1. The Morgan fingerprint density at radius 3 is 2.81 bits per heavy atom. The van der Waals surface area contributed by atoms with Gasteiger partial charge < -0.3 is 15.0 Å². The third kappa shape index (κ3) is 2.85. The number of aliphatic carboxylic acids is 1. The molecule has 0 aliphatic heterocycles. The first-order valence-electron chi connectivity index (χ1n) is 5.25. The van der Waals surface area contributed by atoms with Gasteiger partial charge in [0, 0.05) is 12.7 Å². The molecule has 5 nitrogen and oxygen atoms in total. The van der Waals surface area contributed by atoms with Crippen LogP contribution in [0.2, 0.25) is 0 Å². The molecule has 1 aromatic heterocycles. The standard InChI is InChI=1S/C11H16N2O3/c1-3-6-13-7-4-5-9(13)10(14)12-8(2)11(15)16/h4-5,7-8H,3,6H2,1-2H3,(H,12,14)(H,15,16)/t8-/m0/s1. The summed E-state index contributed by atoms with van der Waals surface area (Å²) in [5.74, 6) is -1.39. The van der Waals surface area contributed by atoms with Crippen molar-refractivity contribution < 1.29 is 14.7 Å². The normalized spacial score (nSPS) is 12.1. The maximum Gasteiger partial charge on any atom is 0.325 e. The fourth-order valence-corrected chi connectivity index (χ4v) is 1.39. The van der Waals surface area contributed by atoms with Gasteiger partial charge in [-0.1, -0.05) is 6.92 Å². The van der Waals surface area contributed by atoms with Crippen molar-refractivity contribution in [3.63, 3.8) is 0 Å². The molecule has 1 rings (SSSR count). The van der Waals surface area contributed by atoms with Crippen molar-refractivity contribution in [3.05, 3.63) is 24.0 Å². The molecule has 5 heteroatoms. The van der Waals surface area contributed by atoms with E-state index in [0.29, 0.717) is 5.69 Å².